The molecule has 3 N–H and O–H groups in total. The summed E-state index contributed by atoms with van der Waals surface area (Å²) in [6.45, 7) is 0.572. The molecular weight excluding hydrogens is 278 g/mol. The predicted octanol–water partition coefficient (Wildman–Crippen LogP) is 1.19. The van der Waals surface area contributed by atoms with Gasteiger partial charge in [-0.15, -0.1) is 0 Å². The molecule has 7 nitrogen and oxygen atoms in total. The van der Waals surface area contributed by atoms with Crippen LogP contribution >= 0.6 is 0 Å². The number of hydrogen-bond acceptors (Lipinski definition) is 3. The Bertz CT molecular complexity index is 350. The molecule has 21 heavy (non-hydrogen) atoms. The minimum absolute atomic E-state index is 0.0804. The average molecular weight is 302 g/mol. The van der Waals surface area contributed by atoms with E-state index in [-0.39, 0.29) is 6.54 Å². The topological polar surface area (TPSA) is 112 Å². The fourth-order valence-corrected chi connectivity index (χ4v) is 2.15. The second kappa shape index (κ2) is 9.93. The zero-order valence-electron chi connectivity index (χ0n) is 12.3. The molecule has 0 fully saturated rings. The van der Waals surface area contributed by atoms with E-state index in [1.54, 1.807) is 6.08 Å². The Hall–Kier alpha value is -1.89. The van der Waals surface area contributed by atoms with Gasteiger partial charge in [-0.3, -0.25) is 4.48 Å². The molecule has 0 aromatic rings. The van der Waals surface area contributed by atoms with Crippen molar-refractivity contribution in [3.05, 3.63) is 12.2 Å². The smallest absolute Gasteiger partial charge is 0.359 e. The van der Waals surface area contributed by atoms with E-state index in [9.17, 15) is 14.4 Å². The first kappa shape index (κ1) is 19.1. The van der Waals surface area contributed by atoms with Crippen molar-refractivity contribution in [1.29, 1.82) is 0 Å². The number of nitrogens with zero attached hydrogens (tertiary/aromatic N) is 1. The highest BCUT2D eigenvalue weighted by Gasteiger charge is 2.34. The molecule has 0 aliphatic heterocycles. The van der Waals surface area contributed by atoms with Crippen LogP contribution in [0.5, 0.6) is 0 Å². The van der Waals surface area contributed by atoms with Crippen molar-refractivity contribution in [2.75, 3.05) is 26.2 Å². The number of quaternary nitrogens is 1. The first-order valence-corrected chi connectivity index (χ1v) is 6.97. The van der Waals surface area contributed by atoms with Crippen molar-refractivity contribution in [1.82, 2.24) is 0 Å². The number of unbranched alkanes of at least 4 members (excludes halogenated alkanes) is 3. The van der Waals surface area contributed by atoms with E-state index in [0.29, 0.717) is 0 Å². The van der Waals surface area contributed by atoms with Gasteiger partial charge in [0.05, 0.1) is 6.54 Å². The van der Waals surface area contributed by atoms with Crippen molar-refractivity contribution in [3.8, 4) is 0 Å². The first-order valence-electron chi connectivity index (χ1n) is 6.97. The summed E-state index contributed by atoms with van der Waals surface area (Å²) in [7, 11) is 0. The van der Waals surface area contributed by atoms with Crippen LogP contribution in [0.15, 0.2) is 12.2 Å². The number of rotatable bonds is 12. The Labute approximate surface area is 124 Å². The summed E-state index contributed by atoms with van der Waals surface area (Å²) in [5, 5.41) is 26.8. The van der Waals surface area contributed by atoms with E-state index in [4.69, 9.17) is 15.3 Å². The molecule has 120 valence electrons. The summed E-state index contributed by atoms with van der Waals surface area (Å²) < 4.78 is -0.524. The van der Waals surface area contributed by atoms with E-state index >= 15 is 0 Å². The van der Waals surface area contributed by atoms with Crippen LogP contribution < -0.4 is 0 Å². The molecule has 7 heteroatoms. The molecule has 0 rings (SSSR count). The Morgan fingerprint density at radius 1 is 0.857 bits per heavy atom. The van der Waals surface area contributed by atoms with Crippen LogP contribution in [0.4, 0.5) is 0 Å². The van der Waals surface area contributed by atoms with Gasteiger partial charge in [0, 0.05) is 0 Å². The maximum absolute atomic E-state index is 10.9. The molecule has 0 unspecified atom stereocenters. The van der Waals surface area contributed by atoms with Crippen LogP contribution in [-0.2, 0) is 14.4 Å². The van der Waals surface area contributed by atoms with Crippen molar-refractivity contribution in [2.45, 2.75) is 32.6 Å². The summed E-state index contributed by atoms with van der Waals surface area (Å²) >= 11 is 0. The molecule has 0 saturated heterocycles. The fourth-order valence-electron chi connectivity index (χ4n) is 2.15. The van der Waals surface area contributed by atoms with Gasteiger partial charge >= 0.3 is 17.9 Å². The highest BCUT2D eigenvalue weighted by atomic mass is 16.4. The summed E-state index contributed by atoms with van der Waals surface area (Å²) in [6, 6.07) is 0. The Morgan fingerprint density at radius 2 is 1.33 bits per heavy atom. The minimum Gasteiger partial charge on any atom is -0.477 e. The van der Waals surface area contributed by atoms with Gasteiger partial charge in [-0.1, -0.05) is 25.8 Å². The van der Waals surface area contributed by atoms with Crippen molar-refractivity contribution in [3.63, 3.8) is 0 Å². The quantitative estimate of drug-likeness (QED) is 0.284. The van der Waals surface area contributed by atoms with E-state index in [2.05, 4.69) is 6.92 Å². The third kappa shape index (κ3) is 9.61. The SMILES string of the molecule is CCCCC/C=C/C[N+](CC(=O)O)(CC(=O)O)CC(=O)O. The minimum atomic E-state index is -1.21. The zero-order chi connectivity index (χ0) is 16.3. The maximum Gasteiger partial charge on any atom is 0.359 e. The third-order valence-corrected chi connectivity index (χ3v) is 3.05. The number of carboxylic acid groups (broad SMARTS) is 3. The van der Waals surface area contributed by atoms with Crippen LogP contribution in [-0.4, -0.2) is 63.9 Å². The van der Waals surface area contributed by atoms with E-state index in [1.165, 1.54) is 0 Å². The zero-order valence-corrected chi connectivity index (χ0v) is 12.3. The van der Waals surface area contributed by atoms with Crippen LogP contribution in [0.25, 0.3) is 0 Å². The number of carboxylic acids is 3. The number of carbonyl (C=O) groups is 3. The lowest BCUT2D eigenvalue weighted by Crippen LogP contribution is -2.56. The first-order chi connectivity index (χ1) is 9.81. The van der Waals surface area contributed by atoms with E-state index in [0.717, 1.165) is 25.7 Å². The number of hydrogen-bond donors (Lipinski definition) is 3. The molecule has 0 aromatic heterocycles. The fraction of sp³-hybridized carbons (Fsp3) is 0.643. The number of aliphatic carboxylic acids is 3. The molecule has 0 aliphatic rings. The lowest BCUT2D eigenvalue weighted by atomic mass is 10.2. The second-order valence-electron chi connectivity index (χ2n) is 5.15. The monoisotopic (exact) mass is 302 g/mol. The molecule has 0 atom stereocenters. The lowest BCUT2D eigenvalue weighted by molar-refractivity contribution is -0.902. The van der Waals surface area contributed by atoms with Gasteiger partial charge in [-0.25, -0.2) is 14.4 Å². The predicted molar refractivity (Wildman–Crippen MR) is 75.9 cm³/mol. The Balaban J connectivity index is 4.84. The molecule has 0 amide bonds. The van der Waals surface area contributed by atoms with Crippen LogP contribution in [0, 0.1) is 0 Å². The summed E-state index contributed by atoms with van der Waals surface area (Å²) in [5.74, 6) is -3.63. The van der Waals surface area contributed by atoms with Gasteiger partial charge in [0.2, 0.25) is 0 Å². The van der Waals surface area contributed by atoms with Crippen molar-refractivity contribution in [2.24, 2.45) is 0 Å². The molecule has 0 aromatic carbocycles. The van der Waals surface area contributed by atoms with Crippen molar-refractivity contribution < 1.29 is 34.2 Å². The third-order valence-electron chi connectivity index (χ3n) is 3.05. The van der Waals surface area contributed by atoms with Gasteiger partial charge in [0.1, 0.15) is 0 Å². The highest BCUT2D eigenvalue weighted by Crippen LogP contribution is 2.09. The second-order valence-corrected chi connectivity index (χ2v) is 5.15. The average Bonchev–Trinajstić information content (AvgIpc) is 2.30. The van der Waals surface area contributed by atoms with Crippen LogP contribution in [0.3, 0.4) is 0 Å². The summed E-state index contributed by atoms with van der Waals surface area (Å²) in [6.07, 6.45) is 7.54. The molecule has 0 saturated carbocycles. The van der Waals surface area contributed by atoms with Gasteiger partial charge in [0.15, 0.2) is 19.6 Å². The lowest BCUT2D eigenvalue weighted by Gasteiger charge is -2.33. The summed E-state index contributed by atoms with van der Waals surface area (Å²) in [4.78, 5) is 32.8. The molecule has 0 heterocycles. The maximum atomic E-state index is 10.9. The van der Waals surface area contributed by atoms with Gasteiger partial charge in [-0.05, 0) is 18.9 Å². The standard InChI is InChI=1S/C14H23NO6/c1-2-3-4-5-6-7-8-15(9-12(16)17,10-13(18)19)11-14(20)21/h6-7H,2-5,8-11H2,1H3,(H2-,16,17,18,19,20,21)/p+1/b7-6+. The molecule has 0 aliphatic carbocycles. The molecule has 0 radical (unpaired) electrons. The van der Waals surface area contributed by atoms with Gasteiger partial charge in [-0.2, -0.15) is 0 Å². The Morgan fingerprint density at radius 3 is 1.71 bits per heavy atom. The normalized spacial score (nSPS) is 11.7. The van der Waals surface area contributed by atoms with E-state index in [1.807, 2.05) is 6.08 Å². The Kier molecular flexibility index (Phi) is 9.03. The van der Waals surface area contributed by atoms with Crippen LogP contribution in [0.1, 0.15) is 32.6 Å². The summed E-state index contributed by atoms with van der Waals surface area (Å²) in [5.41, 5.74) is 0. The number of allylic oxidation sites excluding steroid dienone is 1. The molecule has 0 spiro atoms. The molecule has 0 bridgehead atoms. The van der Waals surface area contributed by atoms with Gasteiger partial charge < -0.3 is 15.3 Å². The van der Waals surface area contributed by atoms with Crippen molar-refractivity contribution >= 4 is 17.9 Å². The van der Waals surface area contributed by atoms with Crippen LogP contribution in [0.2, 0.25) is 0 Å². The van der Waals surface area contributed by atoms with Gasteiger partial charge in [0.25, 0.3) is 0 Å². The van der Waals surface area contributed by atoms with E-state index < -0.39 is 42.0 Å². The molecular formula is C14H24NO6+. The largest absolute Gasteiger partial charge is 0.477 e. The highest BCUT2D eigenvalue weighted by molar-refractivity contribution is 5.73.